The molecule has 1 unspecified atom stereocenters. The Kier molecular flexibility index (Phi) is 3.72. The van der Waals surface area contributed by atoms with E-state index in [4.69, 9.17) is 5.26 Å². The molecule has 1 atom stereocenters. The fraction of sp³-hybridized carbons (Fsp3) is 0.438. The van der Waals surface area contributed by atoms with E-state index in [1.54, 1.807) is 18.3 Å². The molecule has 21 heavy (non-hydrogen) atoms. The van der Waals surface area contributed by atoms with Crippen LogP contribution >= 0.6 is 0 Å². The molecule has 0 amide bonds. The van der Waals surface area contributed by atoms with Crippen LogP contribution in [0, 0.1) is 11.3 Å². The predicted molar refractivity (Wildman–Crippen MR) is 77.4 cm³/mol. The summed E-state index contributed by atoms with van der Waals surface area (Å²) in [6.45, 7) is 0. The molecule has 0 radical (unpaired) electrons. The van der Waals surface area contributed by atoms with Gasteiger partial charge in [-0.2, -0.15) is 5.26 Å². The Hall–Kier alpha value is -2.19. The summed E-state index contributed by atoms with van der Waals surface area (Å²) in [5.74, 6) is -0.204. The Morgan fingerprint density at radius 1 is 1.19 bits per heavy atom. The van der Waals surface area contributed by atoms with Gasteiger partial charge in [-0.05, 0) is 30.5 Å². The van der Waals surface area contributed by atoms with E-state index in [1.807, 2.05) is 12.1 Å². The Bertz CT molecular complexity index is 621. The summed E-state index contributed by atoms with van der Waals surface area (Å²) in [7, 11) is 0. The van der Waals surface area contributed by atoms with E-state index in [-0.39, 0.29) is 5.92 Å². The monoisotopic (exact) mass is 282 g/mol. The minimum absolute atomic E-state index is 0.204. The molecule has 0 aliphatic heterocycles. The van der Waals surface area contributed by atoms with Crippen molar-refractivity contribution < 1.29 is 5.11 Å². The lowest BCUT2D eigenvalue weighted by Crippen LogP contribution is -2.39. The summed E-state index contributed by atoms with van der Waals surface area (Å²) in [6.07, 6.45) is 6.51. The number of aromatic nitrogens is 3. The van der Waals surface area contributed by atoms with E-state index in [1.165, 1.54) is 6.42 Å². The van der Waals surface area contributed by atoms with Gasteiger partial charge in [0.1, 0.15) is 0 Å². The van der Waals surface area contributed by atoms with Gasteiger partial charge in [-0.15, -0.1) is 5.10 Å². The van der Waals surface area contributed by atoms with Crippen LogP contribution in [0.3, 0.4) is 0 Å². The summed E-state index contributed by atoms with van der Waals surface area (Å²) in [5.41, 5.74) is 1.56. The van der Waals surface area contributed by atoms with E-state index in [0.717, 1.165) is 36.9 Å². The van der Waals surface area contributed by atoms with Crippen molar-refractivity contribution in [3.63, 3.8) is 0 Å². The largest absolute Gasteiger partial charge is 0.389 e. The number of hydrogen-bond donors (Lipinski definition) is 2. The second kappa shape index (κ2) is 5.66. The minimum Gasteiger partial charge on any atom is -0.389 e. The summed E-state index contributed by atoms with van der Waals surface area (Å²) < 4.78 is 0. The van der Waals surface area contributed by atoms with Gasteiger partial charge in [0.15, 0.2) is 0 Å². The maximum Gasteiger partial charge on any atom is 0.0991 e. The molecule has 0 saturated heterocycles. The lowest BCUT2D eigenvalue weighted by molar-refractivity contribution is -0.0120. The van der Waals surface area contributed by atoms with Crippen molar-refractivity contribution in [1.29, 1.82) is 5.26 Å². The molecular formula is C16H18N4O. The molecule has 5 nitrogen and oxygen atoms in total. The molecule has 108 valence electrons. The van der Waals surface area contributed by atoms with Crippen LogP contribution in [0.5, 0.6) is 0 Å². The van der Waals surface area contributed by atoms with Gasteiger partial charge in [0.25, 0.3) is 0 Å². The van der Waals surface area contributed by atoms with Crippen molar-refractivity contribution in [2.45, 2.75) is 43.6 Å². The van der Waals surface area contributed by atoms with Gasteiger partial charge in [-0.1, -0.05) is 36.6 Å². The molecule has 2 aromatic rings. The number of nitrogens with zero attached hydrogens (tertiary/aromatic N) is 3. The first kappa shape index (κ1) is 13.8. The third-order valence-electron chi connectivity index (χ3n) is 4.36. The highest BCUT2D eigenvalue weighted by Gasteiger charge is 2.41. The second-order valence-corrected chi connectivity index (χ2v) is 5.73. The van der Waals surface area contributed by atoms with Crippen molar-refractivity contribution in [2.75, 3.05) is 0 Å². The Morgan fingerprint density at radius 3 is 2.48 bits per heavy atom. The van der Waals surface area contributed by atoms with Crippen molar-refractivity contribution in [2.24, 2.45) is 0 Å². The van der Waals surface area contributed by atoms with Gasteiger partial charge >= 0.3 is 0 Å². The van der Waals surface area contributed by atoms with Crippen LogP contribution in [-0.2, 0) is 0 Å². The highest BCUT2D eigenvalue weighted by atomic mass is 16.3. The Morgan fingerprint density at radius 2 is 1.90 bits per heavy atom. The zero-order valence-corrected chi connectivity index (χ0v) is 11.8. The van der Waals surface area contributed by atoms with Crippen LogP contribution in [-0.4, -0.2) is 26.1 Å². The molecule has 1 aromatic carbocycles. The molecule has 1 saturated carbocycles. The SMILES string of the molecule is N#Cc1ccc(C(c2c[nH]nn2)C2(O)CCCCC2)cc1. The fourth-order valence-electron chi connectivity index (χ4n) is 3.31. The van der Waals surface area contributed by atoms with Crippen molar-refractivity contribution >= 4 is 0 Å². The van der Waals surface area contributed by atoms with Crippen LogP contribution in [0.15, 0.2) is 30.5 Å². The average Bonchev–Trinajstić information content (AvgIpc) is 3.02. The number of benzene rings is 1. The van der Waals surface area contributed by atoms with Crippen LogP contribution < -0.4 is 0 Å². The number of aliphatic hydroxyl groups is 1. The van der Waals surface area contributed by atoms with Gasteiger partial charge in [-0.3, -0.25) is 5.10 Å². The smallest absolute Gasteiger partial charge is 0.0991 e. The molecule has 1 heterocycles. The highest BCUT2D eigenvalue weighted by Crippen LogP contribution is 2.42. The standard InChI is InChI=1S/C16H18N4O/c17-10-12-4-6-13(7-5-12)15(14-11-18-20-19-14)16(21)8-2-1-3-9-16/h4-7,11,15,21H,1-3,8-9H2,(H,18,19,20). The van der Waals surface area contributed by atoms with Gasteiger partial charge < -0.3 is 5.11 Å². The van der Waals surface area contributed by atoms with E-state index < -0.39 is 5.60 Å². The quantitative estimate of drug-likeness (QED) is 0.905. The second-order valence-electron chi connectivity index (χ2n) is 5.73. The molecule has 0 spiro atoms. The van der Waals surface area contributed by atoms with Crippen molar-refractivity contribution in [3.05, 3.63) is 47.3 Å². The number of nitrogens with one attached hydrogen (secondary N) is 1. The van der Waals surface area contributed by atoms with Gasteiger partial charge in [0, 0.05) is 6.20 Å². The van der Waals surface area contributed by atoms with Crippen LogP contribution in [0.25, 0.3) is 0 Å². The third kappa shape index (κ3) is 2.67. The normalized spacial score (nSPS) is 18.9. The summed E-state index contributed by atoms with van der Waals surface area (Å²) >= 11 is 0. The topological polar surface area (TPSA) is 85.6 Å². The van der Waals surface area contributed by atoms with Crippen molar-refractivity contribution in [3.8, 4) is 6.07 Å². The van der Waals surface area contributed by atoms with Gasteiger partial charge in [-0.25, -0.2) is 0 Å². The Labute approximate surface area is 123 Å². The van der Waals surface area contributed by atoms with Crippen molar-refractivity contribution in [1.82, 2.24) is 15.4 Å². The maximum atomic E-state index is 11.1. The summed E-state index contributed by atoms with van der Waals surface area (Å²) in [6, 6.07) is 9.51. The average molecular weight is 282 g/mol. The zero-order chi connectivity index (χ0) is 14.7. The molecule has 2 N–H and O–H groups in total. The van der Waals surface area contributed by atoms with E-state index in [9.17, 15) is 5.11 Å². The minimum atomic E-state index is -0.788. The first-order chi connectivity index (χ1) is 10.2. The van der Waals surface area contributed by atoms with Gasteiger partial charge in [0.2, 0.25) is 0 Å². The van der Waals surface area contributed by atoms with E-state index in [2.05, 4.69) is 21.5 Å². The number of aromatic amines is 1. The van der Waals surface area contributed by atoms with Crippen LogP contribution in [0.1, 0.15) is 54.8 Å². The number of hydrogen-bond acceptors (Lipinski definition) is 4. The van der Waals surface area contributed by atoms with Gasteiger partial charge in [0.05, 0.1) is 28.8 Å². The molecule has 1 aliphatic carbocycles. The molecular weight excluding hydrogens is 264 g/mol. The molecule has 1 aromatic heterocycles. The lowest BCUT2D eigenvalue weighted by atomic mass is 9.71. The molecule has 3 rings (SSSR count). The molecule has 1 fully saturated rings. The first-order valence-corrected chi connectivity index (χ1v) is 7.32. The van der Waals surface area contributed by atoms with E-state index >= 15 is 0 Å². The molecule has 0 bridgehead atoms. The van der Waals surface area contributed by atoms with E-state index in [0.29, 0.717) is 5.56 Å². The number of nitriles is 1. The van der Waals surface area contributed by atoms with Crippen LogP contribution in [0.2, 0.25) is 0 Å². The lowest BCUT2D eigenvalue weighted by Gasteiger charge is -2.38. The molecule has 1 aliphatic rings. The first-order valence-electron chi connectivity index (χ1n) is 7.32. The number of rotatable bonds is 3. The Balaban J connectivity index is 2.01. The predicted octanol–water partition coefficient (Wildman–Crippen LogP) is 2.50. The fourth-order valence-corrected chi connectivity index (χ4v) is 3.31. The molecule has 5 heteroatoms. The maximum absolute atomic E-state index is 11.1. The highest BCUT2D eigenvalue weighted by molar-refractivity contribution is 5.37. The van der Waals surface area contributed by atoms with Crippen LogP contribution in [0.4, 0.5) is 0 Å². The zero-order valence-electron chi connectivity index (χ0n) is 11.8. The third-order valence-corrected chi connectivity index (χ3v) is 4.36. The number of H-pyrrole nitrogens is 1. The summed E-state index contributed by atoms with van der Waals surface area (Å²) in [4.78, 5) is 0. The summed E-state index contributed by atoms with van der Waals surface area (Å²) in [5, 5.41) is 30.7.